The van der Waals surface area contributed by atoms with E-state index >= 15 is 0 Å². The quantitative estimate of drug-likeness (QED) is 0.148. The van der Waals surface area contributed by atoms with Gasteiger partial charge >= 0.3 is 6.09 Å². The molecular formula is C34H45N7O3Si. The lowest BCUT2D eigenvalue weighted by Crippen LogP contribution is -2.49. The lowest BCUT2D eigenvalue weighted by molar-refractivity contribution is 0.0500. The molecule has 1 aliphatic rings. The van der Waals surface area contributed by atoms with Gasteiger partial charge in [0, 0.05) is 62.7 Å². The van der Waals surface area contributed by atoms with E-state index in [9.17, 15) is 4.79 Å². The van der Waals surface area contributed by atoms with Crippen LogP contribution >= 0.6 is 0 Å². The van der Waals surface area contributed by atoms with E-state index in [1.165, 1.54) is 0 Å². The van der Waals surface area contributed by atoms with E-state index in [4.69, 9.17) is 24.5 Å². The fourth-order valence-corrected chi connectivity index (χ4v) is 6.08. The number of rotatable bonds is 10. The summed E-state index contributed by atoms with van der Waals surface area (Å²) in [4.78, 5) is 28.9. The number of alkyl carbamates (subject to hydrolysis) is 1. The number of carbonyl (C=O) groups excluding carboxylic acids is 1. The lowest BCUT2D eigenvalue weighted by atomic mass is 10.0. The highest BCUT2D eigenvalue weighted by Gasteiger charge is 2.27. The number of aromatic nitrogens is 5. The van der Waals surface area contributed by atoms with Crippen molar-refractivity contribution in [1.29, 1.82) is 0 Å². The standard InChI is InChI=1S/C34H45N7O3Si/c1-8-24-13-14-28(38-32(24)40-16-10-12-26(22-40)37-33(42)44-34(2,3)4)31-27-19-29(25-11-9-15-35-20-25)36-21-30(27)41(39-31)23-43-17-18-45(5,6)7/h8-9,11,13-15,19-21,26H,1,10,12,16-18,22-23H2,2-7H3,(H,37,42)/t26-/m1/s1. The number of hydrogen-bond acceptors (Lipinski definition) is 8. The summed E-state index contributed by atoms with van der Waals surface area (Å²) in [6.07, 6.45) is 8.62. The van der Waals surface area contributed by atoms with Crippen molar-refractivity contribution in [3.8, 4) is 22.6 Å². The molecule has 1 N–H and O–H groups in total. The highest BCUT2D eigenvalue weighted by Crippen LogP contribution is 2.33. The fraction of sp³-hybridized carbons (Fsp3) is 0.441. The van der Waals surface area contributed by atoms with Crippen molar-refractivity contribution in [1.82, 2.24) is 30.0 Å². The average Bonchev–Trinajstić information content (AvgIpc) is 3.36. The molecule has 1 atom stereocenters. The third-order valence-electron chi connectivity index (χ3n) is 7.61. The molecule has 0 aliphatic carbocycles. The van der Waals surface area contributed by atoms with Crippen LogP contribution in [0.5, 0.6) is 0 Å². The van der Waals surface area contributed by atoms with Gasteiger partial charge in [0.15, 0.2) is 0 Å². The number of hydrogen-bond donors (Lipinski definition) is 1. The Labute approximate surface area is 266 Å². The Kier molecular flexibility index (Phi) is 9.69. The number of ether oxygens (including phenoxy) is 2. The van der Waals surface area contributed by atoms with Crippen LogP contribution in [0.2, 0.25) is 25.7 Å². The Bertz CT molecular complexity index is 1640. The molecule has 0 saturated carbocycles. The van der Waals surface area contributed by atoms with E-state index in [1.54, 1.807) is 6.20 Å². The van der Waals surface area contributed by atoms with Gasteiger partial charge in [-0.25, -0.2) is 14.5 Å². The Balaban J connectivity index is 1.48. The van der Waals surface area contributed by atoms with Gasteiger partial charge in [-0.15, -0.1) is 0 Å². The molecule has 45 heavy (non-hydrogen) atoms. The monoisotopic (exact) mass is 627 g/mol. The largest absolute Gasteiger partial charge is 0.444 e. The molecule has 0 unspecified atom stereocenters. The van der Waals surface area contributed by atoms with E-state index in [0.29, 0.717) is 19.9 Å². The molecule has 0 bridgehead atoms. The molecule has 0 radical (unpaired) electrons. The number of piperidine rings is 1. The summed E-state index contributed by atoms with van der Waals surface area (Å²) in [7, 11) is -1.22. The van der Waals surface area contributed by atoms with Crippen LogP contribution in [0.25, 0.3) is 39.6 Å². The molecule has 0 aromatic carbocycles. The molecule has 10 nitrogen and oxygen atoms in total. The van der Waals surface area contributed by atoms with Crippen molar-refractivity contribution in [3.63, 3.8) is 0 Å². The van der Waals surface area contributed by atoms with E-state index in [2.05, 4.69) is 47.5 Å². The second kappa shape index (κ2) is 13.5. The minimum atomic E-state index is -1.22. The van der Waals surface area contributed by atoms with Crippen molar-refractivity contribution in [3.05, 3.63) is 61.1 Å². The van der Waals surface area contributed by atoms with Crippen LogP contribution in [0.3, 0.4) is 0 Å². The van der Waals surface area contributed by atoms with Crippen molar-refractivity contribution in [2.75, 3.05) is 24.6 Å². The SMILES string of the molecule is C=Cc1ccc(-c2nn(COCC[Si](C)(C)C)c3cnc(-c4cccnc4)cc23)nc1N1CCC[C@@H](NC(=O)OC(C)(C)C)C1. The van der Waals surface area contributed by atoms with Crippen molar-refractivity contribution < 1.29 is 14.3 Å². The van der Waals surface area contributed by atoms with Crippen LogP contribution in [-0.2, 0) is 16.2 Å². The fourth-order valence-electron chi connectivity index (χ4n) is 5.33. The van der Waals surface area contributed by atoms with Crippen molar-refractivity contribution in [2.45, 2.75) is 77.7 Å². The zero-order chi connectivity index (χ0) is 32.2. The molecule has 4 aromatic heterocycles. The molecule has 11 heteroatoms. The predicted octanol–water partition coefficient (Wildman–Crippen LogP) is 7.00. The van der Waals surface area contributed by atoms with Crippen LogP contribution < -0.4 is 10.2 Å². The van der Waals surface area contributed by atoms with E-state index in [-0.39, 0.29) is 6.04 Å². The summed E-state index contributed by atoms with van der Waals surface area (Å²) in [5, 5.41) is 9.01. The number of nitrogens with one attached hydrogen (secondary N) is 1. The summed E-state index contributed by atoms with van der Waals surface area (Å²) in [5.74, 6) is 0.814. The highest BCUT2D eigenvalue weighted by molar-refractivity contribution is 6.76. The third-order valence-corrected chi connectivity index (χ3v) is 9.32. The van der Waals surface area contributed by atoms with Crippen LogP contribution in [0, 0.1) is 0 Å². The lowest BCUT2D eigenvalue weighted by Gasteiger charge is -2.35. The first-order chi connectivity index (χ1) is 21.4. The molecule has 4 aromatic rings. The summed E-state index contributed by atoms with van der Waals surface area (Å²) >= 11 is 0. The van der Waals surface area contributed by atoms with Crippen LogP contribution in [-0.4, -0.2) is 70.2 Å². The van der Waals surface area contributed by atoms with E-state index in [0.717, 1.165) is 70.4 Å². The number of fused-ring (bicyclic) bond motifs is 1. The first kappa shape index (κ1) is 32.3. The maximum atomic E-state index is 12.5. The number of anilines is 1. The summed E-state index contributed by atoms with van der Waals surface area (Å²) in [6.45, 7) is 19.1. The molecule has 1 saturated heterocycles. The third kappa shape index (κ3) is 8.34. The second-order valence-corrected chi connectivity index (χ2v) is 19.4. The van der Waals surface area contributed by atoms with Gasteiger partial charge in [0.05, 0.1) is 23.1 Å². The maximum Gasteiger partial charge on any atom is 0.407 e. The van der Waals surface area contributed by atoms with Gasteiger partial charge in [-0.2, -0.15) is 5.10 Å². The molecule has 5 heterocycles. The Hall–Kier alpha value is -4.09. The molecule has 0 spiro atoms. The van der Waals surface area contributed by atoms with Gasteiger partial charge in [0.25, 0.3) is 0 Å². The predicted molar refractivity (Wildman–Crippen MR) is 183 cm³/mol. The molecular weight excluding hydrogens is 583 g/mol. The summed E-state index contributed by atoms with van der Waals surface area (Å²) in [5.41, 5.74) is 4.48. The normalized spacial score (nSPS) is 15.7. The smallest absolute Gasteiger partial charge is 0.407 e. The van der Waals surface area contributed by atoms with Gasteiger partial charge < -0.3 is 19.7 Å². The van der Waals surface area contributed by atoms with Crippen LogP contribution in [0.4, 0.5) is 10.6 Å². The topological polar surface area (TPSA) is 107 Å². The number of amides is 1. The Morgan fingerprint density at radius 3 is 2.71 bits per heavy atom. The molecule has 1 fully saturated rings. The van der Waals surface area contributed by atoms with Gasteiger partial charge in [-0.05, 0) is 70.0 Å². The Morgan fingerprint density at radius 1 is 1.18 bits per heavy atom. The Morgan fingerprint density at radius 2 is 2.00 bits per heavy atom. The second-order valence-electron chi connectivity index (χ2n) is 13.8. The van der Waals surface area contributed by atoms with Gasteiger partial charge in [-0.3, -0.25) is 9.97 Å². The summed E-state index contributed by atoms with van der Waals surface area (Å²) in [6, 6.07) is 11.0. The average molecular weight is 628 g/mol. The molecule has 5 rings (SSSR count). The van der Waals surface area contributed by atoms with Crippen LogP contribution in [0.1, 0.15) is 39.2 Å². The van der Waals surface area contributed by atoms with Gasteiger partial charge in [0.1, 0.15) is 23.8 Å². The first-order valence-corrected chi connectivity index (χ1v) is 19.3. The maximum absolute atomic E-state index is 12.5. The highest BCUT2D eigenvalue weighted by atomic mass is 28.3. The van der Waals surface area contributed by atoms with E-state index < -0.39 is 19.8 Å². The molecule has 1 aliphatic heterocycles. The van der Waals surface area contributed by atoms with Gasteiger partial charge in [-0.1, -0.05) is 32.3 Å². The zero-order valence-electron chi connectivity index (χ0n) is 27.3. The van der Waals surface area contributed by atoms with Crippen molar-refractivity contribution >= 4 is 37.0 Å². The molecule has 238 valence electrons. The number of carbonyl (C=O) groups is 1. The summed E-state index contributed by atoms with van der Waals surface area (Å²) < 4.78 is 13.5. The zero-order valence-corrected chi connectivity index (χ0v) is 28.3. The van der Waals surface area contributed by atoms with Crippen LogP contribution in [0.15, 0.2) is 55.5 Å². The van der Waals surface area contributed by atoms with Gasteiger partial charge in [0.2, 0.25) is 0 Å². The molecule has 1 amide bonds. The van der Waals surface area contributed by atoms with Crippen molar-refractivity contribution in [2.24, 2.45) is 0 Å². The number of pyridine rings is 3. The minimum absolute atomic E-state index is 0.0572. The van der Waals surface area contributed by atoms with E-state index in [1.807, 2.05) is 68.2 Å². The minimum Gasteiger partial charge on any atom is -0.444 e. The first-order valence-electron chi connectivity index (χ1n) is 15.6. The number of nitrogens with zero attached hydrogens (tertiary/aromatic N) is 6.